The summed E-state index contributed by atoms with van der Waals surface area (Å²) in [4.78, 5) is 0. The number of benzene rings is 2. The van der Waals surface area contributed by atoms with E-state index in [1.807, 2.05) is 0 Å². The molecule has 0 atom stereocenters. The number of nitrogens with two attached hydrogens (primary N) is 1. The maximum Gasteiger partial charge on any atom is 0.170 e. The second-order valence-corrected chi connectivity index (χ2v) is 4.16. The second-order valence-electron chi connectivity index (χ2n) is 4.16. The van der Waals surface area contributed by atoms with Gasteiger partial charge < -0.3 is 16.3 Å². The molecule has 6 heteroatoms. The van der Waals surface area contributed by atoms with Gasteiger partial charge >= 0.3 is 0 Å². The fourth-order valence-corrected chi connectivity index (χ4v) is 1.70. The molecular weight excluding hydrogens is 264 g/mol. The molecule has 4 nitrogen and oxygen atoms in total. The zero-order valence-corrected chi connectivity index (χ0v) is 10.5. The zero-order chi connectivity index (χ0) is 14.5. The Balaban J connectivity index is 2.11. The molecule has 0 aliphatic carbocycles. The van der Waals surface area contributed by atoms with Crippen LogP contribution < -0.4 is 11.1 Å². The Hall–Kier alpha value is -2.63. The van der Waals surface area contributed by atoms with E-state index < -0.39 is 5.82 Å². The van der Waals surface area contributed by atoms with Crippen LogP contribution in [0.5, 0.6) is 0 Å². The maximum atomic E-state index is 13.8. The lowest BCUT2D eigenvalue weighted by atomic mass is 10.1. The second kappa shape index (κ2) is 6.01. The van der Waals surface area contributed by atoms with Crippen LogP contribution in [0.2, 0.25) is 0 Å². The Morgan fingerprint density at radius 2 is 2.00 bits per heavy atom. The Morgan fingerprint density at radius 3 is 2.65 bits per heavy atom. The number of anilines is 1. The summed E-state index contributed by atoms with van der Waals surface area (Å²) in [6.07, 6.45) is 0. The number of rotatable bonds is 4. The van der Waals surface area contributed by atoms with E-state index in [0.29, 0.717) is 16.8 Å². The van der Waals surface area contributed by atoms with Gasteiger partial charge in [-0.15, -0.1) is 0 Å². The summed E-state index contributed by atoms with van der Waals surface area (Å²) in [5.74, 6) is -1.01. The van der Waals surface area contributed by atoms with E-state index >= 15 is 0 Å². The Kier molecular flexibility index (Phi) is 4.14. The monoisotopic (exact) mass is 277 g/mol. The molecule has 0 fully saturated rings. The minimum atomic E-state index is -0.488. The average molecular weight is 277 g/mol. The van der Waals surface area contributed by atoms with Crippen molar-refractivity contribution in [1.82, 2.24) is 0 Å². The first kappa shape index (κ1) is 13.8. The zero-order valence-electron chi connectivity index (χ0n) is 10.5. The van der Waals surface area contributed by atoms with Crippen molar-refractivity contribution >= 4 is 11.5 Å². The van der Waals surface area contributed by atoms with Gasteiger partial charge in [0.25, 0.3) is 0 Å². The predicted molar refractivity (Wildman–Crippen MR) is 72.6 cm³/mol. The Bertz CT molecular complexity index is 644. The number of nitrogens with zero attached hydrogens (tertiary/aromatic N) is 1. The molecule has 0 aliphatic rings. The van der Waals surface area contributed by atoms with Gasteiger partial charge in [-0.25, -0.2) is 8.78 Å². The summed E-state index contributed by atoms with van der Waals surface area (Å²) in [5, 5.41) is 14.2. The molecule has 2 rings (SSSR count). The number of nitrogens with one attached hydrogen (secondary N) is 1. The number of hydrogen-bond donors (Lipinski definition) is 3. The van der Waals surface area contributed by atoms with Gasteiger partial charge in [0.15, 0.2) is 5.84 Å². The largest absolute Gasteiger partial charge is 0.409 e. The molecule has 0 heterocycles. The molecule has 0 aliphatic heterocycles. The highest BCUT2D eigenvalue weighted by Crippen LogP contribution is 2.14. The van der Waals surface area contributed by atoms with Crippen molar-refractivity contribution in [3.8, 4) is 0 Å². The van der Waals surface area contributed by atoms with Crippen LogP contribution in [-0.4, -0.2) is 11.0 Å². The van der Waals surface area contributed by atoms with Gasteiger partial charge in [-0.2, -0.15) is 0 Å². The van der Waals surface area contributed by atoms with Crippen LogP contribution >= 0.6 is 0 Å². The van der Waals surface area contributed by atoms with Crippen molar-refractivity contribution in [3.05, 3.63) is 65.2 Å². The smallest absolute Gasteiger partial charge is 0.170 e. The van der Waals surface area contributed by atoms with Crippen molar-refractivity contribution in [1.29, 1.82) is 0 Å². The lowest BCUT2D eigenvalue weighted by Gasteiger charge is -2.08. The number of oxime groups is 1. The van der Waals surface area contributed by atoms with E-state index in [4.69, 9.17) is 10.9 Å². The van der Waals surface area contributed by atoms with Crippen LogP contribution in [0.25, 0.3) is 0 Å². The average Bonchev–Trinajstić information content (AvgIpc) is 2.45. The molecule has 0 saturated carbocycles. The number of halogens is 2. The quantitative estimate of drug-likeness (QED) is 0.348. The molecule has 0 bridgehead atoms. The maximum absolute atomic E-state index is 13.8. The summed E-state index contributed by atoms with van der Waals surface area (Å²) in [6.45, 7) is 0.200. The van der Waals surface area contributed by atoms with E-state index in [0.717, 1.165) is 0 Å². The van der Waals surface area contributed by atoms with Crippen molar-refractivity contribution in [2.75, 3.05) is 5.32 Å². The van der Waals surface area contributed by atoms with E-state index in [-0.39, 0.29) is 18.2 Å². The van der Waals surface area contributed by atoms with Gasteiger partial charge in [0.2, 0.25) is 0 Å². The summed E-state index contributed by atoms with van der Waals surface area (Å²) in [7, 11) is 0. The summed E-state index contributed by atoms with van der Waals surface area (Å²) in [5.41, 5.74) is 6.61. The van der Waals surface area contributed by atoms with Gasteiger partial charge in [0.1, 0.15) is 11.6 Å². The van der Waals surface area contributed by atoms with Crippen LogP contribution in [0.15, 0.2) is 47.6 Å². The third kappa shape index (κ3) is 3.23. The summed E-state index contributed by atoms with van der Waals surface area (Å²) >= 11 is 0. The van der Waals surface area contributed by atoms with Crippen molar-refractivity contribution < 1.29 is 14.0 Å². The van der Waals surface area contributed by atoms with Gasteiger partial charge in [-0.3, -0.25) is 0 Å². The Morgan fingerprint density at radius 1 is 1.20 bits per heavy atom. The SMILES string of the molecule is NC(=NO)c1ccc(CNc2cccc(F)c2)c(F)c1. The molecule has 0 spiro atoms. The third-order valence-electron chi connectivity index (χ3n) is 2.76. The van der Waals surface area contributed by atoms with Crippen LogP contribution in [0.3, 0.4) is 0 Å². The van der Waals surface area contributed by atoms with Gasteiger partial charge in [-0.1, -0.05) is 23.4 Å². The molecule has 2 aromatic rings. The van der Waals surface area contributed by atoms with Gasteiger partial charge in [0, 0.05) is 23.4 Å². The summed E-state index contributed by atoms with van der Waals surface area (Å²) < 4.78 is 26.8. The lowest BCUT2D eigenvalue weighted by molar-refractivity contribution is 0.318. The molecule has 20 heavy (non-hydrogen) atoms. The van der Waals surface area contributed by atoms with Gasteiger partial charge in [-0.05, 0) is 24.3 Å². The third-order valence-corrected chi connectivity index (χ3v) is 2.76. The van der Waals surface area contributed by atoms with Crippen LogP contribution in [-0.2, 0) is 6.54 Å². The standard InChI is InChI=1S/C14H13F2N3O/c15-11-2-1-3-12(7-11)18-8-10-5-4-9(6-13(10)16)14(17)19-20/h1-7,18,20H,8H2,(H2,17,19). The topological polar surface area (TPSA) is 70.6 Å². The first-order valence-electron chi connectivity index (χ1n) is 5.86. The minimum Gasteiger partial charge on any atom is -0.409 e. The fraction of sp³-hybridized carbons (Fsp3) is 0.0714. The molecule has 4 N–H and O–H groups in total. The van der Waals surface area contributed by atoms with E-state index in [9.17, 15) is 8.78 Å². The van der Waals surface area contributed by atoms with E-state index in [1.165, 1.54) is 24.3 Å². The lowest BCUT2D eigenvalue weighted by Crippen LogP contribution is -2.14. The minimum absolute atomic E-state index is 0.159. The van der Waals surface area contributed by atoms with E-state index in [2.05, 4.69) is 10.5 Å². The molecule has 0 aromatic heterocycles. The number of hydrogen-bond acceptors (Lipinski definition) is 3. The van der Waals surface area contributed by atoms with Crippen molar-refractivity contribution in [3.63, 3.8) is 0 Å². The molecule has 0 saturated heterocycles. The van der Waals surface area contributed by atoms with Crippen molar-refractivity contribution in [2.45, 2.75) is 6.54 Å². The Labute approximate surface area is 114 Å². The normalized spacial score (nSPS) is 11.4. The molecule has 2 aromatic carbocycles. The summed E-state index contributed by atoms with van der Waals surface area (Å²) in [6, 6.07) is 10.1. The number of amidine groups is 1. The molecular formula is C14H13F2N3O. The highest BCUT2D eigenvalue weighted by molar-refractivity contribution is 5.97. The van der Waals surface area contributed by atoms with Crippen molar-refractivity contribution in [2.24, 2.45) is 10.9 Å². The highest BCUT2D eigenvalue weighted by Gasteiger charge is 2.06. The fourth-order valence-electron chi connectivity index (χ4n) is 1.70. The molecule has 0 amide bonds. The molecule has 0 radical (unpaired) electrons. The van der Waals surface area contributed by atoms with Crippen LogP contribution in [0, 0.1) is 11.6 Å². The van der Waals surface area contributed by atoms with E-state index in [1.54, 1.807) is 18.2 Å². The first-order chi connectivity index (χ1) is 9.60. The first-order valence-corrected chi connectivity index (χ1v) is 5.86. The highest BCUT2D eigenvalue weighted by atomic mass is 19.1. The molecule has 104 valence electrons. The molecule has 0 unspecified atom stereocenters. The van der Waals surface area contributed by atoms with Crippen LogP contribution in [0.4, 0.5) is 14.5 Å². The predicted octanol–water partition coefficient (Wildman–Crippen LogP) is 2.67. The van der Waals surface area contributed by atoms with Gasteiger partial charge in [0.05, 0.1) is 0 Å². The van der Waals surface area contributed by atoms with Crippen LogP contribution in [0.1, 0.15) is 11.1 Å².